The van der Waals surface area contributed by atoms with Crippen molar-refractivity contribution in [3.63, 3.8) is 0 Å². The van der Waals surface area contributed by atoms with Gasteiger partial charge in [-0.05, 0) is 43.5 Å². The van der Waals surface area contributed by atoms with Crippen LogP contribution in [0, 0.1) is 0 Å². The molecule has 4 heteroatoms. The van der Waals surface area contributed by atoms with Crippen molar-refractivity contribution in [3.05, 3.63) is 29.8 Å². The van der Waals surface area contributed by atoms with E-state index in [4.69, 9.17) is 10.5 Å². The van der Waals surface area contributed by atoms with Crippen LogP contribution in [0.1, 0.15) is 43.0 Å². The third-order valence-electron chi connectivity index (χ3n) is 3.39. The Hall–Kier alpha value is -1.55. The van der Waals surface area contributed by atoms with Crippen LogP contribution in [0.2, 0.25) is 0 Å². The van der Waals surface area contributed by atoms with E-state index in [2.05, 4.69) is 12.2 Å². The van der Waals surface area contributed by atoms with Crippen LogP contribution in [-0.2, 0) is 0 Å². The molecule has 0 aliphatic heterocycles. The highest BCUT2D eigenvalue weighted by molar-refractivity contribution is 5.94. The summed E-state index contributed by atoms with van der Waals surface area (Å²) in [5.41, 5.74) is 6.36. The van der Waals surface area contributed by atoms with Gasteiger partial charge in [-0.3, -0.25) is 4.79 Å². The number of hydrogen-bond donors (Lipinski definition) is 2. The minimum Gasteiger partial charge on any atom is -0.494 e. The number of unbranched alkanes of at least 4 members (excludes halogenated alkanes) is 1. The molecule has 0 heterocycles. The monoisotopic (exact) mass is 262 g/mol. The molecule has 19 heavy (non-hydrogen) atoms. The van der Waals surface area contributed by atoms with Crippen LogP contribution in [0.5, 0.6) is 5.75 Å². The highest BCUT2D eigenvalue weighted by Crippen LogP contribution is 2.18. The van der Waals surface area contributed by atoms with Crippen molar-refractivity contribution in [1.29, 1.82) is 0 Å². The van der Waals surface area contributed by atoms with Gasteiger partial charge in [-0.1, -0.05) is 13.3 Å². The summed E-state index contributed by atoms with van der Waals surface area (Å²) in [4.78, 5) is 11.9. The van der Waals surface area contributed by atoms with Crippen molar-refractivity contribution in [2.45, 2.75) is 44.7 Å². The Bertz CT molecular complexity index is 411. The lowest BCUT2D eigenvalue weighted by Gasteiger charge is -2.32. The molecule has 1 aliphatic carbocycles. The third-order valence-corrected chi connectivity index (χ3v) is 3.39. The van der Waals surface area contributed by atoms with Crippen LogP contribution in [-0.4, -0.2) is 24.6 Å². The Morgan fingerprint density at radius 1 is 1.37 bits per heavy atom. The van der Waals surface area contributed by atoms with Gasteiger partial charge in [0.25, 0.3) is 5.91 Å². The van der Waals surface area contributed by atoms with E-state index >= 15 is 0 Å². The van der Waals surface area contributed by atoms with E-state index in [0.29, 0.717) is 5.56 Å². The topological polar surface area (TPSA) is 64.3 Å². The standard InChI is InChI=1S/C15H22N2O2/c1-2-3-8-19-14-6-4-11(5-7-14)15(18)17-13-9-12(16)10-13/h4-7,12-13H,2-3,8-10,16H2,1H3,(H,17,18). The van der Waals surface area contributed by atoms with Crippen molar-refractivity contribution >= 4 is 5.91 Å². The van der Waals surface area contributed by atoms with Gasteiger partial charge in [-0.15, -0.1) is 0 Å². The molecule has 104 valence electrons. The lowest BCUT2D eigenvalue weighted by atomic mass is 9.87. The summed E-state index contributed by atoms with van der Waals surface area (Å²) >= 11 is 0. The van der Waals surface area contributed by atoms with Crippen LogP contribution in [0.15, 0.2) is 24.3 Å². The fraction of sp³-hybridized carbons (Fsp3) is 0.533. The van der Waals surface area contributed by atoms with Crippen LogP contribution in [0.3, 0.4) is 0 Å². The predicted molar refractivity (Wildman–Crippen MR) is 75.3 cm³/mol. The summed E-state index contributed by atoms with van der Waals surface area (Å²) in [6.45, 7) is 2.85. The maximum absolute atomic E-state index is 11.9. The average molecular weight is 262 g/mol. The maximum atomic E-state index is 11.9. The summed E-state index contributed by atoms with van der Waals surface area (Å²) in [5, 5.41) is 2.98. The van der Waals surface area contributed by atoms with E-state index in [9.17, 15) is 4.79 Å². The van der Waals surface area contributed by atoms with Gasteiger partial charge in [0.15, 0.2) is 0 Å². The fourth-order valence-electron chi connectivity index (χ4n) is 2.09. The first-order chi connectivity index (χ1) is 9.19. The van der Waals surface area contributed by atoms with Crippen LogP contribution < -0.4 is 15.8 Å². The summed E-state index contributed by atoms with van der Waals surface area (Å²) < 4.78 is 5.56. The molecule has 1 aliphatic rings. The summed E-state index contributed by atoms with van der Waals surface area (Å²) in [5.74, 6) is 0.785. The van der Waals surface area contributed by atoms with E-state index in [1.165, 1.54) is 0 Å². The van der Waals surface area contributed by atoms with E-state index in [1.807, 2.05) is 12.1 Å². The number of nitrogens with one attached hydrogen (secondary N) is 1. The molecule has 0 radical (unpaired) electrons. The van der Waals surface area contributed by atoms with Gasteiger partial charge in [0, 0.05) is 17.6 Å². The molecule has 0 atom stereocenters. The second-order valence-corrected chi connectivity index (χ2v) is 5.13. The van der Waals surface area contributed by atoms with Crippen molar-refractivity contribution in [3.8, 4) is 5.75 Å². The van der Waals surface area contributed by atoms with Gasteiger partial charge in [0.1, 0.15) is 5.75 Å². The molecule has 0 aromatic heterocycles. The normalized spacial score (nSPS) is 21.6. The predicted octanol–water partition coefficient (Wildman–Crippen LogP) is 2.08. The summed E-state index contributed by atoms with van der Waals surface area (Å²) in [6, 6.07) is 7.78. The molecule has 0 unspecified atom stereocenters. The van der Waals surface area contributed by atoms with Crippen molar-refractivity contribution < 1.29 is 9.53 Å². The molecule has 3 N–H and O–H groups in total. The van der Waals surface area contributed by atoms with E-state index in [-0.39, 0.29) is 18.0 Å². The van der Waals surface area contributed by atoms with Crippen LogP contribution in [0.25, 0.3) is 0 Å². The van der Waals surface area contributed by atoms with Crippen LogP contribution in [0.4, 0.5) is 0 Å². The minimum absolute atomic E-state index is 0.0305. The Kier molecular flexibility index (Phi) is 4.80. The summed E-state index contributed by atoms with van der Waals surface area (Å²) in [6.07, 6.45) is 3.92. The Morgan fingerprint density at radius 3 is 2.63 bits per heavy atom. The molecule has 1 fully saturated rings. The van der Waals surface area contributed by atoms with Crippen LogP contribution >= 0.6 is 0 Å². The molecule has 1 amide bonds. The Labute approximate surface area is 114 Å². The number of carbonyl (C=O) groups is 1. The smallest absolute Gasteiger partial charge is 0.251 e. The zero-order chi connectivity index (χ0) is 13.7. The first kappa shape index (κ1) is 13.9. The minimum atomic E-state index is -0.0305. The molecule has 0 bridgehead atoms. The van der Waals surface area contributed by atoms with Gasteiger partial charge in [-0.25, -0.2) is 0 Å². The molecule has 1 aromatic rings. The highest BCUT2D eigenvalue weighted by Gasteiger charge is 2.27. The molecule has 0 saturated heterocycles. The van der Waals surface area contributed by atoms with Gasteiger partial charge in [0.2, 0.25) is 0 Å². The van der Waals surface area contributed by atoms with Gasteiger partial charge in [-0.2, -0.15) is 0 Å². The van der Waals surface area contributed by atoms with Crippen molar-refractivity contribution in [2.75, 3.05) is 6.61 Å². The van der Waals surface area contributed by atoms with E-state index < -0.39 is 0 Å². The molecule has 1 saturated carbocycles. The molecule has 2 rings (SSSR count). The first-order valence-corrected chi connectivity index (χ1v) is 6.98. The van der Waals surface area contributed by atoms with Crippen molar-refractivity contribution in [2.24, 2.45) is 5.73 Å². The lowest BCUT2D eigenvalue weighted by molar-refractivity contribution is 0.0910. The quantitative estimate of drug-likeness (QED) is 0.771. The molecule has 0 spiro atoms. The number of hydrogen-bond acceptors (Lipinski definition) is 3. The van der Waals surface area contributed by atoms with E-state index in [1.54, 1.807) is 12.1 Å². The first-order valence-electron chi connectivity index (χ1n) is 6.98. The zero-order valence-corrected chi connectivity index (χ0v) is 11.4. The van der Waals surface area contributed by atoms with Gasteiger partial charge < -0.3 is 15.8 Å². The number of ether oxygens (including phenoxy) is 1. The van der Waals surface area contributed by atoms with E-state index in [0.717, 1.165) is 38.0 Å². The number of carbonyl (C=O) groups excluding carboxylic acids is 1. The molecular formula is C15H22N2O2. The third kappa shape index (κ3) is 3.96. The van der Waals surface area contributed by atoms with Gasteiger partial charge in [0.05, 0.1) is 6.61 Å². The summed E-state index contributed by atoms with van der Waals surface area (Å²) in [7, 11) is 0. The molecule has 1 aromatic carbocycles. The largest absolute Gasteiger partial charge is 0.494 e. The average Bonchev–Trinajstić information content (AvgIpc) is 2.38. The second kappa shape index (κ2) is 6.57. The Morgan fingerprint density at radius 2 is 2.05 bits per heavy atom. The number of benzene rings is 1. The van der Waals surface area contributed by atoms with Gasteiger partial charge >= 0.3 is 0 Å². The second-order valence-electron chi connectivity index (χ2n) is 5.13. The molecule has 4 nitrogen and oxygen atoms in total. The number of rotatable bonds is 6. The lowest BCUT2D eigenvalue weighted by Crippen LogP contribution is -2.50. The fourth-order valence-corrected chi connectivity index (χ4v) is 2.09. The molecular weight excluding hydrogens is 240 g/mol. The zero-order valence-electron chi connectivity index (χ0n) is 11.4. The van der Waals surface area contributed by atoms with Crippen molar-refractivity contribution in [1.82, 2.24) is 5.32 Å². The SMILES string of the molecule is CCCCOc1ccc(C(=O)NC2CC(N)C2)cc1. The number of amides is 1. The number of nitrogens with two attached hydrogens (primary N) is 1. The Balaban J connectivity index is 1.81. The maximum Gasteiger partial charge on any atom is 0.251 e. The highest BCUT2D eigenvalue weighted by atomic mass is 16.5.